The predicted molar refractivity (Wildman–Crippen MR) is 127 cm³/mol. The van der Waals surface area contributed by atoms with Gasteiger partial charge in [0.1, 0.15) is 0 Å². The zero-order valence-electron chi connectivity index (χ0n) is 19.8. The van der Waals surface area contributed by atoms with E-state index in [1.165, 1.54) is 69.9 Å². The smallest absolute Gasteiger partial charge is 0.0575 e. The van der Waals surface area contributed by atoms with Crippen molar-refractivity contribution in [3.05, 3.63) is 24.6 Å². The molecule has 2 saturated heterocycles. The van der Waals surface area contributed by atoms with Crippen LogP contribution in [0.1, 0.15) is 84.5 Å². The molecule has 2 rings (SSSR count). The second-order valence-electron chi connectivity index (χ2n) is 8.69. The summed E-state index contributed by atoms with van der Waals surface area (Å²) in [5.74, 6) is 0.889. The summed E-state index contributed by atoms with van der Waals surface area (Å²) in [6, 6.07) is 0.536. The van der Waals surface area contributed by atoms with Crippen molar-refractivity contribution in [3.8, 4) is 0 Å². The van der Waals surface area contributed by atoms with Crippen LogP contribution in [-0.2, 0) is 4.74 Å². The Morgan fingerprint density at radius 3 is 2.62 bits per heavy atom. The first-order valence-electron chi connectivity index (χ1n) is 12.2. The van der Waals surface area contributed by atoms with Crippen molar-refractivity contribution in [2.75, 3.05) is 33.8 Å². The van der Waals surface area contributed by atoms with Crippen LogP contribution in [0.2, 0.25) is 0 Å². The van der Waals surface area contributed by atoms with Crippen molar-refractivity contribution >= 4 is 0 Å². The molecule has 2 aliphatic heterocycles. The van der Waals surface area contributed by atoms with E-state index in [1.54, 1.807) is 0 Å². The zero-order valence-corrected chi connectivity index (χ0v) is 19.8. The van der Waals surface area contributed by atoms with E-state index in [9.17, 15) is 0 Å². The van der Waals surface area contributed by atoms with Crippen LogP contribution in [0.4, 0.5) is 0 Å². The lowest BCUT2D eigenvalue weighted by molar-refractivity contribution is 0.0109. The van der Waals surface area contributed by atoms with Gasteiger partial charge in [0.15, 0.2) is 0 Å². The fourth-order valence-electron chi connectivity index (χ4n) is 4.27. The lowest BCUT2D eigenvalue weighted by Gasteiger charge is -2.21. The van der Waals surface area contributed by atoms with Gasteiger partial charge in [0, 0.05) is 45.2 Å². The summed E-state index contributed by atoms with van der Waals surface area (Å²) >= 11 is 0. The van der Waals surface area contributed by atoms with Crippen LogP contribution in [-0.4, -0.2) is 50.8 Å². The Hall–Kier alpha value is -1.00. The van der Waals surface area contributed by atoms with Crippen molar-refractivity contribution in [1.29, 1.82) is 0 Å². The molecule has 2 heterocycles. The molecule has 0 aromatic heterocycles. The van der Waals surface area contributed by atoms with E-state index < -0.39 is 0 Å². The molecular formula is C25H49N3O. The highest BCUT2D eigenvalue weighted by atomic mass is 16.5. The summed E-state index contributed by atoms with van der Waals surface area (Å²) in [5.41, 5.74) is 1.31. The molecule has 0 saturated carbocycles. The minimum absolute atomic E-state index is 0.536. The predicted octanol–water partition coefficient (Wildman–Crippen LogP) is 5.47. The topological polar surface area (TPSA) is 36.5 Å². The number of rotatable bonds is 10. The highest BCUT2D eigenvalue weighted by Gasteiger charge is 2.16. The SMILES string of the molecule is C=CC1CCC(CCCN(C)/C=C(/CC)NC)CCN1.CCCC1CCCCO1. The molecule has 170 valence electrons. The third kappa shape index (κ3) is 12.3. The van der Waals surface area contributed by atoms with E-state index in [-0.39, 0.29) is 0 Å². The summed E-state index contributed by atoms with van der Waals surface area (Å²) in [6.45, 7) is 11.6. The zero-order chi connectivity index (χ0) is 21.3. The number of allylic oxidation sites excluding steroid dienone is 1. The van der Waals surface area contributed by atoms with Crippen LogP contribution < -0.4 is 10.6 Å². The molecule has 2 aliphatic rings. The van der Waals surface area contributed by atoms with Gasteiger partial charge < -0.3 is 20.3 Å². The maximum absolute atomic E-state index is 5.52. The van der Waals surface area contributed by atoms with Crippen molar-refractivity contribution in [2.45, 2.75) is 96.6 Å². The first-order valence-corrected chi connectivity index (χ1v) is 12.2. The largest absolute Gasteiger partial charge is 0.390 e. The number of hydrogen-bond donors (Lipinski definition) is 2. The van der Waals surface area contributed by atoms with Gasteiger partial charge in [-0.05, 0) is 76.7 Å². The molecule has 0 amide bonds. The Kier molecular flexibility index (Phi) is 15.0. The van der Waals surface area contributed by atoms with Gasteiger partial charge >= 0.3 is 0 Å². The number of hydrogen-bond acceptors (Lipinski definition) is 4. The van der Waals surface area contributed by atoms with Crippen LogP contribution >= 0.6 is 0 Å². The molecule has 0 aromatic rings. The molecule has 2 fully saturated rings. The summed E-state index contributed by atoms with van der Waals surface area (Å²) in [6.07, 6.45) is 19.0. The van der Waals surface area contributed by atoms with Gasteiger partial charge in [0.2, 0.25) is 0 Å². The van der Waals surface area contributed by atoms with E-state index in [4.69, 9.17) is 4.74 Å². The first kappa shape index (κ1) is 26.0. The second-order valence-corrected chi connectivity index (χ2v) is 8.69. The Balaban J connectivity index is 0.000000387. The third-order valence-electron chi connectivity index (χ3n) is 6.22. The molecule has 2 N–H and O–H groups in total. The van der Waals surface area contributed by atoms with Crippen LogP contribution in [0, 0.1) is 5.92 Å². The Labute approximate surface area is 181 Å². The van der Waals surface area contributed by atoms with Crippen LogP contribution in [0.5, 0.6) is 0 Å². The van der Waals surface area contributed by atoms with Gasteiger partial charge in [0.25, 0.3) is 0 Å². The van der Waals surface area contributed by atoms with E-state index in [0.29, 0.717) is 12.1 Å². The van der Waals surface area contributed by atoms with Crippen molar-refractivity contribution in [3.63, 3.8) is 0 Å². The molecule has 0 aromatic carbocycles. The summed E-state index contributed by atoms with van der Waals surface area (Å²) in [4.78, 5) is 2.32. The van der Waals surface area contributed by atoms with Gasteiger partial charge in [-0.1, -0.05) is 26.3 Å². The summed E-state index contributed by atoms with van der Waals surface area (Å²) in [7, 11) is 4.17. The average molecular weight is 408 g/mol. The van der Waals surface area contributed by atoms with Gasteiger partial charge in [0.05, 0.1) is 6.10 Å². The highest BCUT2D eigenvalue weighted by molar-refractivity contribution is 4.96. The molecular weight excluding hydrogens is 358 g/mol. The van der Waals surface area contributed by atoms with Gasteiger partial charge in [-0.3, -0.25) is 0 Å². The lowest BCUT2D eigenvalue weighted by Crippen LogP contribution is -2.25. The molecule has 4 heteroatoms. The third-order valence-corrected chi connectivity index (χ3v) is 6.22. The molecule has 0 spiro atoms. The monoisotopic (exact) mass is 407 g/mol. The summed E-state index contributed by atoms with van der Waals surface area (Å²) < 4.78 is 5.52. The fourth-order valence-corrected chi connectivity index (χ4v) is 4.27. The molecule has 3 unspecified atom stereocenters. The maximum atomic E-state index is 5.52. The lowest BCUT2D eigenvalue weighted by atomic mass is 9.94. The normalized spacial score (nSPS) is 25.4. The van der Waals surface area contributed by atoms with Crippen LogP contribution in [0.25, 0.3) is 0 Å². The van der Waals surface area contributed by atoms with Crippen molar-refractivity contribution < 1.29 is 4.74 Å². The Morgan fingerprint density at radius 1 is 1.17 bits per heavy atom. The number of nitrogens with zero attached hydrogens (tertiary/aromatic N) is 1. The summed E-state index contributed by atoms with van der Waals surface area (Å²) in [5, 5.41) is 6.80. The quantitative estimate of drug-likeness (QED) is 0.471. The van der Waals surface area contributed by atoms with Crippen LogP contribution in [0.3, 0.4) is 0 Å². The van der Waals surface area contributed by atoms with Crippen molar-refractivity contribution in [2.24, 2.45) is 5.92 Å². The minimum atomic E-state index is 0.536. The van der Waals surface area contributed by atoms with Crippen LogP contribution in [0.15, 0.2) is 24.6 Å². The van der Waals surface area contributed by atoms with E-state index in [2.05, 4.69) is 55.3 Å². The van der Waals surface area contributed by atoms with E-state index >= 15 is 0 Å². The highest BCUT2D eigenvalue weighted by Crippen LogP contribution is 2.21. The standard InChI is InChI=1S/C17H33N3.C8H16O/c1-5-16-10-9-15(11-12-19-16)8-7-13-20(4)14-17(6-2)18-3;1-2-5-8-6-3-4-7-9-8/h5,14-16,18-19H,1,6-13H2,2-4H3;8H,2-7H2,1H3/b17-14-;. The first-order chi connectivity index (χ1) is 14.1. The van der Waals surface area contributed by atoms with Crippen molar-refractivity contribution in [1.82, 2.24) is 15.5 Å². The van der Waals surface area contributed by atoms with E-state index in [0.717, 1.165) is 32.0 Å². The number of nitrogens with one attached hydrogen (secondary N) is 2. The van der Waals surface area contributed by atoms with Gasteiger partial charge in [-0.2, -0.15) is 0 Å². The average Bonchev–Trinajstić information content (AvgIpc) is 2.99. The molecule has 3 atom stereocenters. The minimum Gasteiger partial charge on any atom is -0.390 e. The van der Waals surface area contributed by atoms with E-state index in [1.807, 2.05) is 7.05 Å². The van der Waals surface area contributed by atoms with Gasteiger partial charge in [-0.15, -0.1) is 6.58 Å². The Morgan fingerprint density at radius 2 is 2.00 bits per heavy atom. The molecule has 29 heavy (non-hydrogen) atoms. The van der Waals surface area contributed by atoms with Gasteiger partial charge in [-0.25, -0.2) is 0 Å². The molecule has 0 aliphatic carbocycles. The second kappa shape index (κ2) is 16.8. The fraction of sp³-hybridized carbons (Fsp3) is 0.840. The molecule has 0 radical (unpaired) electrons. The maximum Gasteiger partial charge on any atom is 0.0575 e. The molecule has 4 nitrogen and oxygen atoms in total. The molecule has 0 bridgehead atoms. The number of ether oxygens (including phenoxy) is 1. The Bertz CT molecular complexity index is 423.